The molecule has 0 aliphatic heterocycles. The Balaban J connectivity index is 1.68. The largest absolute Gasteiger partial charge is 0.325 e. The number of hydrogen-bond acceptors (Lipinski definition) is 3. The van der Waals surface area contributed by atoms with Crippen molar-refractivity contribution in [1.82, 2.24) is 9.97 Å². The normalized spacial score (nSPS) is 10.2. The molecule has 4 rings (SSSR count). The molecule has 2 aromatic heterocycles. The lowest BCUT2D eigenvalue weighted by molar-refractivity contribution is 1.07. The van der Waals surface area contributed by atoms with Gasteiger partial charge in [-0.3, -0.25) is 4.79 Å². The first-order chi connectivity index (χ1) is 14.2. The van der Waals surface area contributed by atoms with Crippen LogP contribution >= 0.6 is 0 Å². The molecule has 0 aliphatic carbocycles. The van der Waals surface area contributed by atoms with Crippen LogP contribution in [0, 0.1) is 23.2 Å². The van der Waals surface area contributed by atoms with Gasteiger partial charge in [-0.05, 0) is 35.2 Å². The molecule has 0 fully saturated rings. The van der Waals surface area contributed by atoms with Crippen LogP contribution in [0.25, 0.3) is 10.8 Å². The van der Waals surface area contributed by atoms with Gasteiger partial charge >= 0.3 is 0 Å². The van der Waals surface area contributed by atoms with Crippen molar-refractivity contribution >= 4 is 10.8 Å². The van der Waals surface area contributed by atoms with Crippen molar-refractivity contribution in [2.24, 2.45) is 0 Å². The Morgan fingerprint density at radius 2 is 1.79 bits per heavy atom. The van der Waals surface area contributed by atoms with E-state index in [0.29, 0.717) is 24.1 Å². The molecular formula is C25H17N3O. The van der Waals surface area contributed by atoms with E-state index < -0.39 is 0 Å². The maximum atomic E-state index is 12.1. The Hall–Kier alpha value is -4.15. The fourth-order valence-electron chi connectivity index (χ4n) is 3.23. The summed E-state index contributed by atoms with van der Waals surface area (Å²) in [6.07, 6.45) is 2.86. The number of pyridine rings is 2. The lowest BCUT2D eigenvalue weighted by Crippen LogP contribution is -2.09. The molecule has 4 heteroatoms. The maximum absolute atomic E-state index is 12.1. The van der Waals surface area contributed by atoms with Gasteiger partial charge in [-0.25, -0.2) is 4.98 Å². The molecule has 1 N–H and O–H groups in total. The number of nitrogens with one attached hydrogen (secondary N) is 1. The van der Waals surface area contributed by atoms with Gasteiger partial charge in [-0.15, -0.1) is 0 Å². The second-order valence-electron chi connectivity index (χ2n) is 6.72. The first kappa shape index (κ1) is 18.2. The first-order valence-corrected chi connectivity index (χ1v) is 9.25. The molecule has 4 aromatic rings. The zero-order chi connectivity index (χ0) is 20.1. The molecule has 0 saturated heterocycles. The van der Waals surface area contributed by atoms with Crippen LogP contribution in [-0.4, -0.2) is 9.97 Å². The van der Waals surface area contributed by atoms with Crippen LogP contribution in [0.15, 0.2) is 77.7 Å². The number of nitriles is 1. The van der Waals surface area contributed by atoms with Gasteiger partial charge in [0.2, 0.25) is 5.56 Å². The average molecular weight is 375 g/mol. The van der Waals surface area contributed by atoms with E-state index in [1.807, 2.05) is 54.6 Å². The highest BCUT2D eigenvalue weighted by atomic mass is 16.1. The molecule has 2 aromatic carbocycles. The van der Waals surface area contributed by atoms with E-state index in [2.05, 4.69) is 27.9 Å². The molecule has 0 bridgehead atoms. The molecule has 4 nitrogen and oxygen atoms in total. The summed E-state index contributed by atoms with van der Waals surface area (Å²) in [5, 5.41) is 10.8. The molecule has 0 saturated carbocycles. The number of fused-ring (bicyclic) bond motifs is 1. The SMILES string of the molecule is N#Cc1cccc(Cc2[nH]c(=O)cc3cnc(C#CCc4ccccc4)cc23)c1. The van der Waals surface area contributed by atoms with E-state index in [0.717, 1.165) is 27.6 Å². The molecule has 0 amide bonds. The summed E-state index contributed by atoms with van der Waals surface area (Å²) in [6.45, 7) is 0. The Morgan fingerprint density at radius 1 is 0.966 bits per heavy atom. The third-order valence-electron chi connectivity index (χ3n) is 4.61. The minimum Gasteiger partial charge on any atom is -0.325 e. The highest BCUT2D eigenvalue weighted by molar-refractivity contribution is 5.84. The number of aromatic nitrogens is 2. The van der Waals surface area contributed by atoms with Crippen molar-refractivity contribution < 1.29 is 0 Å². The summed E-state index contributed by atoms with van der Waals surface area (Å²) in [7, 11) is 0. The van der Waals surface area contributed by atoms with Crippen molar-refractivity contribution in [3.8, 4) is 17.9 Å². The van der Waals surface area contributed by atoms with Crippen molar-refractivity contribution in [2.75, 3.05) is 0 Å². The number of benzene rings is 2. The fourth-order valence-corrected chi connectivity index (χ4v) is 3.23. The van der Waals surface area contributed by atoms with Gasteiger partial charge in [0.15, 0.2) is 0 Å². The van der Waals surface area contributed by atoms with Crippen molar-refractivity contribution in [1.29, 1.82) is 5.26 Å². The monoisotopic (exact) mass is 375 g/mol. The Labute approximate surface area is 168 Å². The third-order valence-corrected chi connectivity index (χ3v) is 4.61. The van der Waals surface area contributed by atoms with E-state index in [1.54, 1.807) is 18.3 Å². The summed E-state index contributed by atoms with van der Waals surface area (Å²) < 4.78 is 0. The van der Waals surface area contributed by atoms with Crippen molar-refractivity contribution in [2.45, 2.75) is 12.8 Å². The van der Waals surface area contributed by atoms with Crippen molar-refractivity contribution in [3.63, 3.8) is 0 Å². The molecule has 138 valence electrons. The summed E-state index contributed by atoms with van der Waals surface area (Å²) in [5.74, 6) is 6.27. The van der Waals surface area contributed by atoms with Gasteiger partial charge in [0.05, 0.1) is 11.6 Å². The van der Waals surface area contributed by atoms with Crippen LogP contribution < -0.4 is 5.56 Å². The summed E-state index contributed by atoms with van der Waals surface area (Å²) in [6, 6.07) is 23.0. The highest BCUT2D eigenvalue weighted by Gasteiger charge is 2.07. The molecule has 0 unspecified atom stereocenters. The van der Waals surface area contributed by atoms with Gasteiger partial charge in [0.1, 0.15) is 5.69 Å². The zero-order valence-corrected chi connectivity index (χ0v) is 15.6. The minimum absolute atomic E-state index is 0.173. The molecule has 0 spiro atoms. The predicted octanol–water partition coefficient (Wildman–Crippen LogP) is 3.98. The quantitative estimate of drug-likeness (QED) is 0.551. The Kier molecular flexibility index (Phi) is 5.18. The topological polar surface area (TPSA) is 69.5 Å². The van der Waals surface area contributed by atoms with E-state index in [-0.39, 0.29) is 5.56 Å². The molecule has 0 radical (unpaired) electrons. The summed E-state index contributed by atoms with van der Waals surface area (Å²) in [5.41, 5.74) is 3.99. The third kappa shape index (κ3) is 4.40. The van der Waals surface area contributed by atoms with E-state index >= 15 is 0 Å². The van der Waals surface area contributed by atoms with Crippen LogP contribution in [0.5, 0.6) is 0 Å². The molecule has 29 heavy (non-hydrogen) atoms. The number of H-pyrrole nitrogens is 1. The number of aromatic amines is 1. The number of hydrogen-bond donors (Lipinski definition) is 1. The predicted molar refractivity (Wildman–Crippen MR) is 113 cm³/mol. The van der Waals surface area contributed by atoms with Gasteiger partial charge in [0, 0.05) is 41.6 Å². The lowest BCUT2D eigenvalue weighted by Gasteiger charge is -2.07. The Bertz CT molecular complexity index is 1340. The summed E-state index contributed by atoms with van der Waals surface area (Å²) in [4.78, 5) is 19.4. The standard InChI is InChI=1S/C25H17N3O/c26-16-20-10-4-9-19(12-20)13-24-23-15-22(27-17-21(23)14-25(29)28-24)11-5-8-18-6-2-1-3-7-18/h1-4,6-7,9-10,12,14-15,17H,8,13H2,(H,28,29). The molecular weight excluding hydrogens is 358 g/mol. The van der Waals surface area contributed by atoms with Crippen LogP contribution in [-0.2, 0) is 12.8 Å². The number of rotatable bonds is 3. The van der Waals surface area contributed by atoms with Gasteiger partial charge in [-0.2, -0.15) is 5.26 Å². The van der Waals surface area contributed by atoms with Gasteiger partial charge < -0.3 is 4.98 Å². The molecule has 0 aliphatic rings. The second-order valence-corrected chi connectivity index (χ2v) is 6.72. The molecule has 0 atom stereocenters. The first-order valence-electron chi connectivity index (χ1n) is 9.25. The zero-order valence-electron chi connectivity index (χ0n) is 15.6. The maximum Gasteiger partial charge on any atom is 0.248 e. The Morgan fingerprint density at radius 3 is 2.62 bits per heavy atom. The lowest BCUT2D eigenvalue weighted by atomic mass is 10.0. The fraction of sp³-hybridized carbons (Fsp3) is 0.0800. The highest BCUT2D eigenvalue weighted by Crippen LogP contribution is 2.19. The average Bonchev–Trinajstić information content (AvgIpc) is 2.75. The molecule has 2 heterocycles. The van der Waals surface area contributed by atoms with Crippen LogP contribution in [0.3, 0.4) is 0 Å². The number of nitrogens with zero attached hydrogens (tertiary/aromatic N) is 2. The van der Waals surface area contributed by atoms with E-state index in [4.69, 9.17) is 5.26 Å². The minimum atomic E-state index is -0.173. The second kappa shape index (κ2) is 8.25. The van der Waals surface area contributed by atoms with Crippen molar-refractivity contribution in [3.05, 3.63) is 111 Å². The van der Waals surface area contributed by atoms with E-state index in [9.17, 15) is 4.79 Å². The van der Waals surface area contributed by atoms with Crippen LogP contribution in [0.2, 0.25) is 0 Å². The van der Waals surface area contributed by atoms with Crippen LogP contribution in [0.1, 0.15) is 28.1 Å². The summed E-state index contributed by atoms with van der Waals surface area (Å²) >= 11 is 0. The smallest absolute Gasteiger partial charge is 0.248 e. The van der Waals surface area contributed by atoms with Crippen LogP contribution in [0.4, 0.5) is 0 Å². The van der Waals surface area contributed by atoms with E-state index in [1.165, 1.54) is 0 Å². The van der Waals surface area contributed by atoms with Gasteiger partial charge in [0.25, 0.3) is 0 Å². The van der Waals surface area contributed by atoms with Gasteiger partial charge in [-0.1, -0.05) is 48.4 Å².